The molecule has 0 aliphatic carbocycles. The van der Waals surface area contributed by atoms with Crippen LogP contribution in [-0.4, -0.2) is 22.7 Å². The van der Waals surface area contributed by atoms with E-state index in [1.807, 2.05) is 20.8 Å². The molecule has 0 radical (unpaired) electrons. The third kappa shape index (κ3) is 5.50. The standard InChI is InChI=1S/C12H17F3IN3/c1-4-17-11-10(16)8(5-7(2)3)18-9(19-11)6-12(13,14)15/h7H,4-6H2,1-3H3,(H,17,18,19). The largest absolute Gasteiger partial charge is 0.396 e. The van der Waals surface area contributed by atoms with Crippen molar-refractivity contribution in [1.29, 1.82) is 0 Å². The summed E-state index contributed by atoms with van der Waals surface area (Å²) in [7, 11) is 0. The summed E-state index contributed by atoms with van der Waals surface area (Å²) in [5, 5.41) is 2.99. The van der Waals surface area contributed by atoms with E-state index in [0.717, 1.165) is 3.57 Å². The molecule has 19 heavy (non-hydrogen) atoms. The first-order valence-electron chi connectivity index (χ1n) is 6.08. The van der Waals surface area contributed by atoms with E-state index in [0.29, 0.717) is 30.4 Å². The molecule has 0 aliphatic heterocycles. The number of nitrogens with one attached hydrogen (secondary N) is 1. The maximum Gasteiger partial charge on any atom is 0.396 e. The van der Waals surface area contributed by atoms with Gasteiger partial charge in [-0.25, -0.2) is 9.97 Å². The van der Waals surface area contributed by atoms with Crippen molar-refractivity contribution in [3.63, 3.8) is 0 Å². The fourth-order valence-corrected chi connectivity index (χ4v) is 2.26. The molecule has 0 unspecified atom stereocenters. The number of hydrogen-bond acceptors (Lipinski definition) is 3. The molecule has 1 aromatic rings. The molecule has 0 saturated carbocycles. The highest BCUT2D eigenvalue weighted by Gasteiger charge is 2.30. The van der Waals surface area contributed by atoms with Gasteiger partial charge in [0.1, 0.15) is 18.1 Å². The Morgan fingerprint density at radius 2 is 1.89 bits per heavy atom. The van der Waals surface area contributed by atoms with Gasteiger partial charge in [0.25, 0.3) is 0 Å². The lowest BCUT2D eigenvalue weighted by Gasteiger charge is -2.14. The van der Waals surface area contributed by atoms with Gasteiger partial charge in [0.05, 0.1) is 9.26 Å². The summed E-state index contributed by atoms with van der Waals surface area (Å²) in [6.07, 6.45) is -4.73. The Labute approximate surface area is 124 Å². The monoisotopic (exact) mass is 387 g/mol. The van der Waals surface area contributed by atoms with Crippen molar-refractivity contribution < 1.29 is 13.2 Å². The van der Waals surface area contributed by atoms with Gasteiger partial charge in [-0.05, 0) is 41.9 Å². The number of nitrogens with zero attached hydrogens (tertiary/aromatic N) is 2. The van der Waals surface area contributed by atoms with Gasteiger partial charge in [0, 0.05) is 6.54 Å². The number of alkyl halides is 3. The molecule has 0 fully saturated rings. The molecule has 108 valence electrons. The molecule has 7 heteroatoms. The minimum Gasteiger partial charge on any atom is -0.369 e. The van der Waals surface area contributed by atoms with Crippen LogP contribution in [0.5, 0.6) is 0 Å². The second-order valence-corrected chi connectivity index (χ2v) is 5.75. The zero-order valence-electron chi connectivity index (χ0n) is 11.1. The van der Waals surface area contributed by atoms with Crippen LogP contribution in [0.1, 0.15) is 32.3 Å². The number of hydrogen-bond donors (Lipinski definition) is 1. The van der Waals surface area contributed by atoms with Crippen LogP contribution in [0, 0.1) is 9.49 Å². The van der Waals surface area contributed by atoms with Gasteiger partial charge in [-0.1, -0.05) is 13.8 Å². The first-order chi connectivity index (χ1) is 8.73. The van der Waals surface area contributed by atoms with Crippen LogP contribution in [0.2, 0.25) is 0 Å². The molecule has 0 amide bonds. The SMILES string of the molecule is CCNc1nc(CC(F)(F)F)nc(CC(C)C)c1I. The van der Waals surface area contributed by atoms with Crippen LogP contribution in [0.3, 0.4) is 0 Å². The molecule has 1 aromatic heterocycles. The molecule has 0 spiro atoms. The van der Waals surface area contributed by atoms with Crippen LogP contribution in [0.15, 0.2) is 0 Å². The van der Waals surface area contributed by atoms with E-state index in [4.69, 9.17) is 0 Å². The Morgan fingerprint density at radius 1 is 1.26 bits per heavy atom. The molecule has 0 bridgehead atoms. The van der Waals surface area contributed by atoms with E-state index in [1.54, 1.807) is 0 Å². The fraction of sp³-hybridized carbons (Fsp3) is 0.667. The quantitative estimate of drug-likeness (QED) is 0.781. The van der Waals surface area contributed by atoms with Crippen molar-refractivity contribution >= 4 is 28.4 Å². The Morgan fingerprint density at radius 3 is 2.37 bits per heavy atom. The molecule has 3 nitrogen and oxygen atoms in total. The summed E-state index contributed by atoms with van der Waals surface area (Å²) in [5.41, 5.74) is 0.681. The summed E-state index contributed by atoms with van der Waals surface area (Å²) in [5.74, 6) is 0.657. The Hall–Kier alpha value is -0.600. The lowest BCUT2D eigenvalue weighted by atomic mass is 10.1. The van der Waals surface area contributed by atoms with E-state index in [-0.39, 0.29) is 5.82 Å². The Bertz CT molecular complexity index is 433. The lowest BCUT2D eigenvalue weighted by Crippen LogP contribution is -2.18. The van der Waals surface area contributed by atoms with E-state index in [2.05, 4.69) is 37.9 Å². The zero-order chi connectivity index (χ0) is 14.6. The van der Waals surface area contributed by atoms with Crippen molar-refractivity contribution in [2.24, 2.45) is 5.92 Å². The molecule has 0 atom stereocenters. The van der Waals surface area contributed by atoms with Crippen LogP contribution in [0.25, 0.3) is 0 Å². The molecule has 1 heterocycles. The zero-order valence-corrected chi connectivity index (χ0v) is 13.3. The second-order valence-electron chi connectivity index (χ2n) is 4.67. The Balaban J connectivity index is 3.14. The first-order valence-corrected chi connectivity index (χ1v) is 7.16. The third-order valence-corrected chi connectivity index (χ3v) is 3.40. The smallest absolute Gasteiger partial charge is 0.369 e. The lowest BCUT2D eigenvalue weighted by molar-refractivity contribution is -0.128. The summed E-state index contributed by atoms with van der Waals surface area (Å²) in [4.78, 5) is 8.03. The van der Waals surface area contributed by atoms with Crippen LogP contribution < -0.4 is 5.32 Å². The third-order valence-electron chi connectivity index (χ3n) is 2.27. The highest BCUT2D eigenvalue weighted by atomic mass is 127. The van der Waals surface area contributed by atoms with Gasteiger partial charge >= 0.3 is 6.18 Å². The molecule has 1 rings (SSSR count). The van der Waals surface area contributed by atoms with Gasteiger partial charge in [-0.3, -0.25) is 0 Å². The second kappa shape index (κ2) is 6.71. The maximum absolute atomic E-state index is 12.5. The number of halogens is 4. The molecular formula is C12H17F3IN3. The molecular weight excluding hydrogens is 370 g/mol. The average Bonchev–Trinajstić information content (AvgIpc) is 2.22. The summed E-state index contributed by atoms with van der Waals surface area (Å²) < 4.78 is 38.2. The van der Waals surface area contributed by atoms with Crippen molar-refractivity contribution in [1.82, 2.24) is 9.97 Å². The van der Waals surface area contributed by atoms with Crippen LogP contribution in [-0.2, 0) is 12.8 Å². The predicted molar refractivity (Wildman–Crippen MR) is 77.2 cm³/mol. The maximum atomic E-state index is 12.5. The highest BCUT2D eigenvalue weighted by molar-refractivity contribution is 14.1. The number of aromatic nitrogens is 2. The van der Waals surface area contributed by atoms with E-state index in [1.165, 1.54) is 0 Å². The van der Waals surface area contributed by atoms with E-state index >= 15 is 0 Å². The normalized spacial score (nSPS) is 12.0. The molecule has 0 aromatic carbocycles. The van der Waals surface area contributed by atoms with Crippen LogP contribution >= 0.6 is 22.6 Å². The first kappa shape index (κ1) is 16.5. The van der Waals surface area contributed by atoms with Crippen molar-refractivity contribution in [2.75, 3.05) is 11.9 Å². The summed E-state index contributed by atoms with van der Waals surface area (Å²) >= 11 is 2.08. The average molecular weight is 387 g/mol. The topological polar surface area (TPSA) is 37.8 Å². The van der Waals surface area contributed by atoms with Crippen molar-refractivity contribution in [3.8, 4) is 0 Å². The van der Waals surface area contributed by atoms with Crippen LogP contribution in [0.4, 0.5) is 19.0 Å². The minimum absolute atomic E-state index is 0.167. The Kier molecular flexibility index (Phi) is 5.82. The van der Waals surface area contributed by atoms with Crippen molar-refractivity contribution in [3.05, 3.63) is 15.1 Å². The number of rotatable bonds is 5. The molecule has 1 N–H and O–H groups in total. The van der Waals surface area contributed by atoms with Gasteiger partial charge < -0.3 is 5.32 Å². The minimum atomic E-state index is -4.29. The molecule has 0 aliphatic rings. The van der Waals surface area contributed by atoms with Gasteiger partial charge in [0.2, 0.25) is 0 Å². The number of anilines is 1. The molecule has 0 saturated heterocycles. The summed E-state index contributed by atoms with van der Waals surface area (Å²) in [6, 6.07) is 0. The summed E-state index contributed by atoms with van der Waals surface area (Å²) in [6.45, 7) is 6.51. The highest BCUT2D eigenvalue weighted by Crippen LogP contribution is 2.25. The van der Waals surface area contributed by atoms with E-state index < -0.39 is 12.6 Å². The van der Waals surface area contributed by atoms with Gasteiger partial charge in [-0.2, -0.15) is 13.2 Å². The predicted octanol–water partition coefficient (Wildman–Crippen LogP) is 3.82. The van der Waals surface area contributed by atoms with E-state index in [9.17, 15) is 13.2 Å². The fourth-order valence-electron chi connectivity index (χ4n) is 1.61. The van der Waals surface area contributed by atoms with Gasteiger partial charge in [0.15, 0.2) is 0 Å². The van der Waals surface area contributed by atoms with Crippen molar-refractivity contribution in [2.45, 2.75) is 39.8 Å². The van der Waals surface area contributed by atoms with Gasteiger partial charge in [-0.15, -0.1) is 0 Å².